The molecule has 0 spiro atoms. The van der Waals surface area contributed by atoms with Crippen molar-refractivity contribution in [1.82, 2.24) is 0 Å². The molecule has 0 nitrogen and oxygen atoms in total. The highest BCUT2D eigenvalue weighted by Gasteiger charge is 2.53. The molecular formula is C11H13Cl3. The second-order valence-electron chi connectivity index (χ2n) is 4.94. The van der Waals surface area contributed by atoms with Crippen molar-refractivity contribution in [2.75, 3.05) is 0 Å². The van der Waals surface area contributed by atoms with Crippen molar-refractivity contribution < 1.29 is 0 Å². The molecule has 0 aromatic heterocycles. The lowest BCUT2D eigenvalue weighted by Crippen LogP contribution is -2.41. The molecule has 3 aliphatic carbocycles. The van der Waals surface area contributed by atoms with E-state index in [-0.39, 0.29) is 5.38 Å². The quantitative estimate of drug-likeness (QED) is 0.451. The Morgan fingerprint density at radius 1 is 1.00 bits per heavy atom. The molecule has 0 N–H and O–H groups in total. The van der Waals surface area contributed by atoms with Gasteiger partial charge in [0.2, 0.25) is 0 Å². The molecule has 3 aliphatic rings. The molecule has 0 heterocycles. The maximum Gasteiger partial charge on any atom is 0.134 e. The lowest BCUT2D eigenvalue weighted by molar-refractivity contribution is 0.216. The minimum Gasteiger partial charge on any atom is -0.120 e. The van der Waals surface area contributed by atoms with Crippen LogP contribution in [0, 0.1) is 23.7 Å². The molecule has 0 aliphatic heterocycles. The van der Waals surface area contributed by atoms with Crippen molar-refractivity contribution in [2.24, 2.45) is 23.7 Å². The zero-order valence-corrected chi connectivity index (χ0v) is 10.1. The summed E-state index contributed by atoms with van der Waals surface area (Å²) >= 11 is 18.7. The highest BCUT2D eigenvalue weighted by molar-refractivity contribution is 6.52. The maximum absolute atomic E-state index is 6.24. The number of allylic oxidation sites excluding steroid dienone is 2. The average molecular weight is 252 g/mol. The Bertz CT molecular complexity index is 284. The third kappa shape index (κ3) is 1.27. The van der Waals surface area contributed by atoms with Crippen molar-refractivity contribution in [3.63, 3.8) is 0 Å². The van der Waals surface area contributed by atoms with Crippen molar-refractivity contribution in [3.05, 3.63) is 12.2 Å². The molecule has 0 aromatic carbocycles. The van der Waals surface area contributed by atoms with Gasteiger partial charge < -0.3 is 0 Å². The summed E-state index contributed by atoms with van der Waals surface area (Å²) in [6.45, 7) is 0. The van der Waals surface area contributed by atoms with Gasteiger partial charge >= 0.3 is 0 Å². The average Bonchev–Trinajstić information content (AvgIpc) is 2.66. The monoisotopic (exact) mass is 250 g/mol. The summed E-state index contributed by atoms with van der Waals surface area (Å²) in [6.07, 6.45) is 7.89. The summed E-state index contributed by atoms with van der Waals surface area (Å²) < 4.78 is -0.693. The van der Waals surface area contributed by atoms with Crippen LogP contribution in [0.1, 0.15) is 19.3 Å². The molecular weight excluding hydrogens is 238 g/mol. The molecule has 3 rings (SSSR count). The van der Waals surface area contributed by atoms with Crippen LogP contribution in [0.3, 0.4) is 0 Å². The first-order valence-corrected chi connectivity index (χ1v) is 6.47. The number of alkyl halides is 3. The Morgan fingerprint density at radius 3 is 2.36 bits per heavy atom. The predicted octanol–water partition coefficient (Wildman–Crippen LogP) is 4.00. The third-order valence-corrected chi connectivity index (χ3v) is 5.85. The Hall–Kier alpha value is 0.610. The normalized spacial score (nSPS) is 53.5. The Morgan fingerprint density at radius 2 is 1.64 bits per heavy atom. The van der Waals surface area contributed by atoms with Gasteiger partial charge in [-0.15, -0.1) is 34.8 Å². The fourth-order valence-electron chi connectivity index (χ4n) is 3.53. The summed E-state index contributed by atoms with van der Waals surface area (Å²) in [5.74, 6) is 2.93. The van der Waals surface area contributed by atoms with Crippen molar-refractivity contribution in [2.45, 2.75) is 29.0 Å². The van der Waals surface area contributed by atoms with E-state index in [0.29, 0.717) is 5.92 Å². The summed E-state index contributed by atoms with van der Waals surface area (Å²) in [4.78, 5) is 0. The summed E-state index contributed by atoms with van der Waals surface area (Å²) in [7, 11) is 0. The van der Waals surface area contributed by atoms with Crippen LogP contribution in [0.15, 0.2) is 12.2 Å². The summed E-state index contributed by atoms with van der Waals surface area (Å²) in [6, 6.07) is 0. The number of hydrogen-bond donors (Lipinski definition) is 0. The van der Waals surface area contributed by atoms with Gasteiger partial charge in [0, 0.05) is 0 Å². The van der Waals surface area contributed by atoms with Crippen LogP contribution in [0.4, 0.5) is 0 Å². The molecule has 0 aromatic rings. The topological polar surface area (TPSA) is 0 Å². The van der Waals surface area contributed by atoms with Crippen LogP contribution in [0.5, 0.6) is 0 Å². The molecule has 14 heavy (non-hydrogen) atoms. The second kappa shape index (κ2) is 3.06. The van der Waals surface area contributed by atoms with Gasteiger partial charge in [0.1, 0.15) is 4.33 Å². The number of halogens is 3. The first-order valence-electron chi connectivity index (χ1n) is 5.28. The van der Waals surface area contributed by atoms with Gasteiger partial charge in [-0.2, -0.15) is 0 Å². The SMILES string of the molecule is ClC1CC2C3C=CC(C3)C2CC1(Cl)Cl. The highest BCUT2D eigenvalue weighted by atomic mass is 35.5. The van der Waals surface area contributed by atoms with E-state index < -0.39 is 4.33 Å². The minimum absolute atomic E-state index is 0.0696. The van der Waals surface area contributed by atoms with E-state index in [1.54, 1.807) is 0 Å². The molecule has 2 bridgehead atoms. The Kier molecular flexibility index (Phi) is 2.14. The molecule has 5 unspecified atom stereocenters. The molecule has 5 atom stereocenters. The number of hydrogen-bond acceptors (Lipinski definition) is 0. The highest BCUT2D eigenvalue weighted by Crippen LogP contribution is 2.59. The van der Waals surface area contributed by atoms with Gasteiger partial charge in [-0.3, -0.25) is 0 Å². The van der Waals surface area contributed by atoms with E-state index >= 15 is 0 Å². The molecule has 2 fully saturated rings. The fraction of sp³-hybridized carbons (Fsp3) is 0.818. The van der Waals surface area contributed by atoms with Gasteiger partial charge in [0.05, 0.1) is 5.38 Å². The Labute approximate surface area is 99.6 Å². The second-order valence-corrected chi connectivity index (χ2v) is 7.01. The van der Waals surface area contributed by atoms with Gasteiger partial charge in [0.25, 0.3) is 0 Å². The fourth-order valence-corrected chi connectivity index (χ4v) is 4.36. The largest absolute Gasteiger partial charge is 0.134 e. The van der Waals surface area contributed by atoms with E-state index in [9.17, 15) is 0 Å². The number of fused-ring (bicyclic) bond motifs is 5. The van der Waals surface area contributed by atoms with Crippen molar-refractivity contribution >= 4 is 34.8 Å². The van der Waals surface area contributed by atoms with Gasteiger partial charge in [-0.05, 0) is 42.9 Å². The van der Waals surface area contributed by atoms with Gasteiger partial charge in [0.15, 0.2) is 0 Å². The first-order chi connectivity index (χ1) is 6.58. The molecule has 0 amide bonds. The zero-order chi connectivity index (χ0) is 9.92. The summed E-state index contributed by atoms with van der Waals surface area (Å²) in [5, 5.41) is -0.0696. The molecule has 0 radical (unpaired) electrons. The van der Waals surface area contributed by atoms with Crippen LogP contribution in [0.25, 0.3) is 0 Å². The van der Waals surface area contributed by atoms with Gasteiger partial charge in [-0.25, -0.2) is 0 Å². The molecule has 3 heteroatoms. The lowest BCUT2D eigenvalue weighted by atomic mass is 9.73. The minimum atomic E-state index is -0.693. The van der Waals surface area contributed by atoms with E-state index in [1.807, 2.05) is 0 Å². The van der Waals surface area contributed by atoms with Crippen LogP contribution >= 0.6 is 34.8 Å². The smallest absolute Gasteiger partial charge is 0.120 e. The zero-order valence-electron chi connectivity index (χ0n) is 7.80. The maximum atomic E-state index is 6.24. The Balaban J connectivity index is 1.88. The van der Waals surface area contributed by atoms with Crippen LogP contribution < -0.4 is 0 Å². The van der Waals surface area contributed by atoms with Crippen molar-refractivity contribution in [1.29, 1.82) is 0 Å². The van der Waals surface area contributed by atoms with E-state index in [1.165, 1.54) is 6.42 Å². The number of rotatable bonds is 0. The predicted molar refractivity (Wildman–Crippen MR) is 61.0 cm³/mol. The van der Waals surface area contributed by atoms with Crippen LogP contribution in [0.2, 0.25) is 0 Å². The van der Waals surface area contributed by atoms with Crippen molar-refractivity contribution in [3.8, 4) is 0 Å². The molecule has 0 saturated heterocycles. The molecule has 78 valence electrons. The third-order valence-electron chi connectivity index (χ3n) is 4.24. The van der Waals surface area contributed by atoms with E-state index in [2.05, 4.69) is 12.2 Å². The summed E-state index contributed by atoms with van der Waals surface area (Å²) in [5.41, 5.74) is 0. The first kappa shape index (κ1) is 9.81. The van der Waals surface area contributed by atoms with Gasteiger partial charge in [-0.1, -0.05) is 12.2 Å². The van der Waals surface area contributed by atoms with Crippen LogP contribution in [-0.4, -0.2) is 9.71 Å². The standard InChI is InChI=1S/C11H13Cl3/c12-10-4-8-6-1-2-7(3-6)9(8)5-11(10,13)14/h1-2,6-10H,3-5H2. The van der Waals surface area contributed by atoms with E-state index in [0.717, 1.165) is 30.6 Å². The molecule has 2 saturated carbocycles. The van der Waals surface area contributed by atoms with E-state index in [4.69, 9.17) is 34.8 Å². The lowest BCUT2D eigenvalue weighted by Gasteiger charge is -2.41. The van der Waals surface area contributed by atoms with Crippen LogP contribution in [-0.2, 0) is 0 Å².